The molecule has 1 atom stereocenters. The second kappa shape index (κ2) is 6.32. The lowest BCUT2D eigenvalue weighted by Gasteiger charge is -2.40. The summed E-state index contributed by atoms with van der Waals surface area (Å²) >= 11 is 0. The van der Waals surface area contributed by atoms with Crippen molar-refractivity contribution in [2.45, 2.75) is 50.5 Å². The van der Waals surface area contributed by atoms with E-state index in [1.54, 1.807) is 0 Å². The van der Waals surface area contributed by atoms with Crippen molar-refractivity contribution in [1.82, 2.24) is 0 Å². The van der Waals surface area contributed by atoms with Gasteiger partial charge < -0.3 is 10.2 Å². The lowest BCUT2D eigenvalue weighted by molar-refractivity contribution is -0.148. The van der Waals surface area contributed by atoms with Crippen LogP contribution in [0, 0.1) is 5.92 Å². The predicted molar refractivity (Wildman–Crippen MR) is 91.5 cm³/mol. The summed E-state index contributed by atoms with van der Waals surface area (Å²) < 4.78 is 0. The van der Waals surface area contributed by atoms with Crippen LogP contribution >= 0.6 is 0 Å². The van der Waals surface area contributed by atoms with Crippen molar-refractivity contribution in [3.05, 3.63) is 48.0 Å². The Morgan fingerprint density at radius 2 is 1.83 bits per heavy atom. The second-order valence-electron chi connectivity index (χ2n) is 6.79. The first-order chi connectivity index (χ1) is 11.0. The zero-order valence-corrected chi connectivity index (χ0v) is 13.5. The van der Waals surface area contributed by atoms with Gasteiger partial charge in [0, 0.05) is 0 Å². The van der Waals surface area contributed by atoms with E-state index in [0.29, 0.717) is 18.8 Å². The maximum atomic E-state index is 12.0. The van der Waals surface area contributed by atoms with Crippen molar-refractivity contribution < 1.29 is 15.0 Å². The van der Waals surface area contributed by atoms with E-state index >= 15 is 0 Å². The van der Waals surface area contributed by atoms with Gasteiger partial charge in [0.25, 0.3) is 0 Å². The lowest BCUT2D eigenvalue weighted by atomic mass is 9.69. The van der Waals surface area contributed by atoms with Crippen LogP contribution < -0.4 is 0 Å². The van der Waals surface area contributed by atoms with E-state index in [-0.39, 0.29) is 0 Å². The van der Waals surface area contributed by atoms with Crippen molar-refractivity contribution in [3.8, 4) is 0 Å². The summed E-state index contributed by atoms with van der Waals surface area (Å²) in [4.78, 5) is 12.0. The van der Waals surface area contributed by atoms with E-state index in [1.807, 2.05) is 42.5 Å². The van der Waals surface area contributed by atoms with Crippen LogP contribution in [0.4, 0.5) is 0 Å². The molecule has 3 rings (SSSR count). The number of carboxylic acids is 1. The summed E-state index contributed by atoms with van der Waals surface area (Å²) in [6.07, 6.45) is 4.03. The average Bonchev–Trinajstić information content (AvgIpc) is 2.55. The number of aliphatic carboxylic acids is 1. The van der Waals surface area contributed by atoms with Crippen molar-refractivity contribution in [1.29, 1.82) is 0 Å². The summed E-state index contributed by atoms with van der Waals surface area (Å²) in [7, 11) is 0. The van der Waals surface area contributed by atoms with Crippen LogP contribution in [-0.4, -0.2) is 21.8 Å². The van der Waals surface area contributed by atoms with Gasteiger partial charge in [0.05, 0.1) is 5.60 Å². The van der Waals surface area contributed by atoms with Gasteiger partial charge in [0.15, 0.2) is 0 Å². The van der Waals surface area contributed by atoms with Gasteiger partial charge in [-0.2, -0.15) is 0 Å². The molecule has 1 saturated carbocycles. The van der Waals surface area contributed by atoms with E-state index in [2.05, 4.69) is 6.92 Å². The minimum Gasteiger partial charge on any atom is -0.481 e. The Bertz CT molecular complexity index is 694. The van der Waals surface area contributed by atoms with E-state index in [9.17, 15) is 15.0 Å². The molecule has 3 nitrogen and oxygen atoms in total. The molecule has 0 aromatic heterocycles. The molecule has 0 heterocycles. The summed E-state index contributed by atoms with van der Waals surface area (Å²) in [5.41, 5.74) is -0.421. The molecule has 0 amide bonds. The van der Waals surface area contributed by atoms with Crippen LogP contribution in [0.25, 0.3) is 10.8 Å². The Morgan fingerprint density at radius 1 is 1.17 bits per heavy atom. The van der Waals surface area contributed by atoms with Crippen LogP contribution in [0.15, 0.2) is 42.5 Å². The Labute approximate surface area is 137 Å². The monoisotopic (exact) mass is 312 g/mol. The zero-order valence-electron chi connectivity index (χ0n) is 13.5. The number of rotatable bonds is 4. The number of fused-ring (bicyclic) bond motifs is 1. The first-order valence-electron chi connectivity index (χ1n) is 8.48. The summed E-state index contributed by atoms with van der Waals surface area (Å²) in [6.45, 7) is 2.16. The molecule has 23 heavy (non-hydrogen) atoms. The van der Waals surface area contributed by atoms with E-state index in [4.69, 9.17) is 0 Å². The van der Waals surface area contributed by atoms with Gasteiger partial charge in [-0.1, -0.05) is 55.8 Å². The van der Waals surface area contributed by atoms with Crippen molar-refractivity contribution in [2.24, 2.45) is 5.92 Å². The molecule has 2 N–H and O–H groups in total. The number of hydrogen-bond donors (Lipinski definition) is 2. The van der Waals surface area contributed by atoms with Crippen LogP contribution in [-0.2, 0) is 4.79 Å². The Kier molecular flexibility index (Phi) is 4.40. The normalized spacial score (nSPS) is 26.1. The van der Waals surface area contributed by atoms with Crippen LogP contribution in [0.2, 0.25) is 0 Å². The molecule has 0 radical (unpaired) electrons. The fraction of sp³-hybridized carbons (Fsp3) is 0.450. The van der Waals surface area contributed by atoms with Crippen LogP contribution in [0.5, 0.6) is 0 Å². The number of carboxylic acid groups (broad SMARTS) is 1. The summed E-state index contributed by atoms with van der Waals surface area (Å²) in [6, 6.07) is 13.5. The maximum Gasteiger partial charge on any atom is 0.313 e. The number of benzene rings is 2. The SMILES string of the molecule is CCC1CCC(O)([C@@H](C(=O)O)c2cccc3ccccc23)CC1. The minimum absolute atomic E-state index is 0.561. The molecule has 0 saturated heterocycles. The topological polar surface area (TPSA) is 57.5 Å². The molecule has 2 aromatic rings. The van der Waals surface area contributed by atoms with Gasteiger partial charge in [-0.3, -0.25) is 4.79 Å². The van der Waals surface area contributed by atoms with E-state index in [1.165, 1.54) is 0 Å². The molecular weight excluding hydrogens is 288 g/mol. The fourth-order valence-electron chi connectivity index (χ4n) is 4.03. The zero-order chi connectivity index (χ0) is 16.4. The molecule has 122 valence electrons. The van der Waals surface area contributed by atoms with Gasteiger partial charge in [0.2, 0.25) is 0 Å². The van der Waals surface area contributed by atoms with Crippen molar-refractivity contribution in [3.63, 3.8) is 0 Å². The van der Waals surface area contributed by atoms with E-state index < -0.39 is 17.5 Å². The van der Waals surface area contributed by atoms with Crippen molar-refractivity contribution >= 4 is 16.7 Å². The molecule has 0 aliphatic heterocycles. The molecular formula is C20H24O3. The number of carbonyl (C=O) groups is 1. The van der Waals surface area contributed by atoms with Gasteiger partial charge in [-0.25, -0.2) is 0 Å². The quantitative estimate of drug-likeness (QED) is 0.883. The van der Waals surface area contributed by atoms with Crippen LogP contribution in [0.1, 0.15) is 50.5 Å². The molecule has 3 heteroatoms. The minimum atomic E-state index is -1.15. The third-order valence-electron chi connectivity index (χ3n) is 5.47. The first-order valence-corrected chi connectivity index (χ1v) is 8.48. The summed E-state index contributed by atoms with van der Waals surface area (Å²) in [5, 5.41) is 23.0. The first kappa shape index (κ1) is 16.0. The number of aliphatic hydroxyl groups is 1. The van der Waals surface area contributed by atoms with Gasteiger partial charge in [-0.15, -0.1) is 0 Å². The Hall–Kier alpha value is -1.87. The van der Waals surface area contributed by atoms with Gasteiger partial charge in [0.1, 0.15) is 5.92 Å². The second-order valence-corrected chi connectivity index (χ2v) is 6.79. The van der Waals surface area contributed by atoms with E-state index in [0.717, 1.165) is 35.6 Å². The highest BCUT2D eigenvalue weighted by Crippen LogP contribution is 2.44. The highest BCUT2D eigenvalue weighted by Gasteiger charge is 2.45. The highest BCUT2D eigenvalue weighted by atomic mass is 16.4. The average molecular weight is 312 g/mol. The third kappa shape index (κ3) is 2.98. The largest absolute Gasteiger partial charge is 0.481 e. The molecule has 0 spiro atoms. The lowest BCUT2D eigenvalue weighted by Crippen LogP contribution is -2.43. The third-order valence-corrected chi connectivity index (χ3v) is 5.47. The van der Waals surface area contributed by atoms with Gasteiger partial charge >= 0.3 is 5.97 Å². The molecule has 0 bridgehead atoms. The number of hydrogen-bond acceptors (Lipinski definition) is 2. The summed E-state index contributed by atoms with van der Waals surface area (Å²) in [5.74, 6) is -1.19. The fourth-order valence-corrected chi connectivity index (χ4v) is 4.03. The molecule has 1 aliphatic carbocycles. The standard InChI is InChI=1S/C20H24O3/c1-2-14-10-12-20(23,13-11-14)18(19(21)22)17-9-5-7-15-6-3-4-8-16(15)17/h3-9,14,18,23H,2,10-13H2,1H3,(H,21,22)/t14?,18-,20?/m1/s1. The van der Waals surface area contributed by atoms with Crippen LogP contribution in [0.3, 0.4) is 0 Å². The molecule has 1 aliphatic rings. The molecule has 2 aromatic carbocycles. The molecule has 0 unspecified atom stereocenters. The smallest absolute Gasteiger partial charge is 0.313 e. The maximum absolute atomic E-state index is 12.0. The highest BCUT2D eigenvalue weighted by molar-refractivity contribution is 5.91. The van der Waals surface area contributed by atoms with Gasteiger partial charge in [-0.05, 0) is 47.9 Å². The Balaban J connectivity index is 2.03. The molecule has 1 fully saturated rings. The van der Waals surface area contributed by atoms with Crippen molar-refractivity contribution in [2.75, 3.05) is 0 Å². The predicted octanol–water partition coefficient (Wildman–Crippen LogP) is 4.34. The Morgan fingerprint density at radius 3 is 2.48 bits per heavy atom.